The number of ether oxygens (including phenoxy) is 2. The first kappa shape index (κ1) is 22.4. The van der Waals surface area contributed by atoms with Crippen LogP contribution in [0.15, 0.2) is 0 Å². The SMILES string of the molecule is COC[C@H]1CC[C@@H](COCCC(=O)N[C@H]2CC[C@@H](C(=O)C(C)C)CC2)CC1. The maximum atomic E-state index is 12.1. The third-order valence-electron chi connectivity index (χ3n) is 6.26. The van der Waals surface area contributed by atoms with Crippen LogP contribution in [-0.2, 0) is 19.1 Å². The highest BCUT2D eigenvalue weighted by Crippen LogP contribution is 2.29. The van der Waals surface area contributed by atoms with Gasteiger partial charge in [-0.25, -0.2) is 0 Å². The summed E-state index contributed by atoms with van der Waals surface area (Å²) in [6.07, 6.45) is 8.95. The Morgan fingerprint density at radius 3 is 2.07 bits per heavy atom. The molecule has 2 saturated carbocycles. The minimum Gasteiger partial charge on any atom is -0.384 e. The largest absolute Gasteiger partial charge is 0.384 e. The number of rotatable bonds is 10. The number of methoxy groups -OCH3 is 1. The molecule has 0 radical (unpaired) electrons. The van der Waals surface area contributed by atoms with Gasteiger partial charge in [-0.05, 0) is 63.2 Å². The van der Waals surface area contributed by atoms with E-state index in [0.29, 0.717) is 30.6 Å². The van der Waals surface area contributed by atoms with Crippen LogP contribution in [-0.4, -0.2) is 44.7 Å². The van der Waals surface area contributed by atoms with Crippen LogP contribution in [0.1, 0.15) is 71.6 Å². The number of Topliss-reactive ketones (excluding diaryl/α,β-unsaturated/α-hetero) is 1. The first-order valence-corrected chi connectivity index (χ1v) is 10.9. The summed E-state index contributed by atoms with van der Waals surface area (Å²) in [6, 6.07) is 0.227. The van der Waals surface area contributed by atoms with Gasteiger partial charge in [0.15, 0.2) is 0 Å². The molecule has 2 rings (SSSR count). The van der Waals surface area contributed by atoms with E-state index < -0.39 is 0 Å². The molecule has 27 heavy (non-hydrogen) atoms. The predicted molar refractivity (Wildman–Crippen MR) is 106 cm³/mol. The quantitative estimate of drug-likeness (QED) is 0.586. The van der Waals surface area contributed by atoms with Gasteiger partial charge in [-0.3, -0.25) is 9.59 Å². The van der Waals surface area contributed by atoms with Crippen LogP contribution < -0.4 is 5.32 Å². The van der Waals surface area contributed by atoms with E-state index in [1.807, 2.05) is 13.8 Å². The molecule has 1 N–H and O–H groups in total. The minimum absolute atomic E-state index is 0.0810. The Bertz CT molecular complexity index is 449. The van der Waals surface area contributed by atoms with E-state index in [4.69, 9.17) is 9.47 Å². The standard InChI is InChI=1S/C22H39NO4/c1-16(2)22(25)19-8-10-20(11-9-19)23-21(24)12-13-27-15-18-6-4-17(5-7-18)14-26-3/h16-20H,4-15H2,1-3H3,(H,23,24)/t17-,18+,19-,20+. The predicted octanol–water partition coefficient (Wildman–Crippen LogP) is 3.75. The van der Waals surface area contributed by atoms with E-state index in [9.17, 15) is 9.59 Å². The first-order chi connectivity index (χ1) is 13.0. The molecule has 1 amide bonds. The molecule has 0 bridgehead atoms. The Morgan fingerprint density at radius 2 is 1.52 bits per heavy atom. The van der Waals surface area contributed by atoms with Gasteiger partial charge in [-0.15, -0.1) is 0 Å². The van der Waals surface area contributed by atoms with E-state index in [1.165, 1.54) is 25.7 Å². The second kappa shape index (κ2) is 11.8. The average Bonchev–Trinajstić information content (AvgIpc) is 2.66. The van der Waals surface area contributed by atoms with Gasteiger partial charge < -0.3 is 14.8 Å². The molecule has 0 aromatic rings. The lowest BCUT2D eigenvalue weighted by atomic mass is 9.80. The molecule has 5 heteroatoms. The number of amides is 1. The van der Waals surface area contributed by atoms with Crippen LogP contribution in [0.25, 0.3) is 0 Å². The Kier molecular flexibility index (Phi) is 9.77. The summed E-state index contributed by atoms with van der Waals surface area (Å²) in [7, 11) is 1.77. The molecule has 0 aliphatic heterocycles. The van der Waals surface area contributed by atoms with Gasteiger partial charge in [-0.2, -0.15) is 0 Å². The molecule has 5 nitrogen and oxygen atoms in total. The third kappa shape index (κ3) is 7.90. The van der Waals surface area contributed by atoms with Gasteiger partial charge in [0.05, 0.1) is 6.61 Å². The molecule has 2 aliphatic carbocycles. The number of hydrogen-bond acceptors (Lipinski definition) is 4. The summed E-state index contributed by atoms with van der Waals surface area (Å²) in [5.41, 5.74) is 0. The van der Waals surface area contributed by atoms with Gasteiger partial charge in [0.1, 0.15) is 5.78 Å². The van der Waals surface area contributed by atoms with Crippen molar-refractivity contribution in [2.75, 3.05) is 26.9 Å². The highest BCUT2D eigenvalue weighted by molar-refractivity contribution is 5.83. The van der Waals surface area contributed by atoms with Crippen molar-refractivity contribution in [2.24, 2.45) is 23.7 Å². The molecule has 0 saturated heterocycles. The van der Waals surface area contributed by atoms with Gasteiger partial charge >= 0.3 is 0 Å². The molecular weight excluding hydrogens is 342 g/mol. The highest BCUT2D eigenvalue weighted by Gasteiger charge is 2.28. The van der Waals surface area contributed by atoms with E-state index >= 15 is 0 Å². The maximum absolute atomic E-state index is 12.1. The molecule has 0 atom stereocenters. The number of carbonyl (C=O) groups is 2. The van der Waals surface area contributed by atoms with Crippen molar-refractivity contribution < 1.29 is 19.1 Å². The monoisotopic (exact) mass is 381 g/mol. The van der Waals surface area contributed by atoms with Crippen molar-refractivity contribution in [1.29, 1.82) is 0 Å². The van der Waals surface area contributed by atoms with Crippen LogP contribution >= 0.6 is 0 Å². The fourth-order valence-corrected chi connectivity index (χ4v) is 4.51. The summed E-state index contributed by atoms with van der Waals surface area (Å²) in [5, 5.41) is 3.12. The topological polar surface area (TPSA) is 64.6 Å². The molecular formula is C22H39NO4. The normalized spacial score (nSPS) is 28.9. The van der Waals surface area contributed by atoms with E-state index in [1.54, 1.807) is 7.11 Å². The smallest absolute Gasteiger partial charge is 0.222 e. The van der Waals surface area contributed by atoms with Crippen molar-refractivity contribution in [1.82, 2.24) is 5.32 Å². The van der Waals surface area contributed by atoms with Crippen LogP contribution in [0.2, 0.25) is 0 Å². The Labute approximate surface area is 164 Å². The van der Waals surface area contributed by atoms with Crippen LogP contribution in [0.3, 0.4) is 0 Å². The van der Waals surface area contributed by atoms with Gasteiger partial charge in [0.25, 0.3) is 0 Å². The molecule has 2 fully saturated rings. The molecule has 0 aromatic heterocycles. The molecule has 0 spiro atoms. The van der Waals surface area contributed by atoms with Crippen molar-refractivity contribution in [3.8, 4) is 0 Å². The number of hydrogen-bond donors (Lipinski definition) is 1. The first-order valence-electron chi connectivity index (χ1n) is 10.9. The Morgan fingerprint density at radius 1 is 0.926 bits per heavy atom. The number of nitrogens with one attached hydrogen (secondary N) is 1. The van der Waals surface area contributed by atoms with E-state index in [2.05, 4.69) is 5.32 Å². The molecule has 0 unspecified atom stereocenters. The summed E-state index contributed by atoms with van der Waals surface area (Å²) in [4.78, 5) is 24.2. The van der Waals surface area contributed by atoms with Crippen LogP contribution in [0.5, 0.6) is 0 Å². The lowest BCUT2D eigenvalue weighted by Gasteiger charge is -2.29. The fraction of sp³-hybridized carbons (Fsp3) is 0.909. The van der Waals surface area contributed by atoms with Gasteiger partial charge in [-0.1, -0.05) is 13.8 Å². The zero-order valence-electron chi connectivity index (χ0n) is 17.5. The summed E-state index contributed by atoms with van der Waals surface area (Å²) >= 11 is 0. The van der Waals surface area contributed by atoms with E-state index in [-0.39, 0.29) is 23.8 Å². The van der Waals surface area contributed by atoms with E-state index in [0.717, 1.165) is 38.9 Å². The van der Waals surface area contributed by atoms with Crippen molar-refractivity contribution >= 4 is 11.7 Å². The Balaban J connectivity index is 1.51. The number of carbonyl (C=O) groups excluding carboxylic acids is 2. The summed E-state index contributed by atoms with van der Waals surface area (Å²) in [6.45, 7) is 6.10. The van der Waals surface area contributed by atoms with Crippen molar-refractivity contribution in [3.05, 3.63) is 0 Å². The van der Waals surface area contributed by atoms with Crippen molar-refractivity contribution in [3.63, 3.8) is 0 Å². The van der Waals surface area contributed by atoms with Crippen molar-refractivity contribution in [2.45, 2.75) is 77.7 Å². The maximum Gasteiger partial charge on any atom is 0.222 e. The highest BCUT2D eigenvalue weighted by atomic mass is 16.5. The fourth-order valence-electron chi connectivity index (χ4n) is 4.51. The van der Waals surface area contributed by atoms with Crippen LogP contribution in [0.4, 0.5) is 0 Å². The molecule has 0 heterocycles. The number of ketones is 1. The van der Waals surface area contributed by atoms with Gasteiger partial charge in [0.2, 0.25) is 5.91 Å². The molecule has 2 aliphatic rings. The average molecular weight is 382 g/mol. The molecule has 0 aromatic carbocycles. The summed E-state index contributed by atoms with van der Waals surface area (Å²) < 4.78 is 11.0. The second-order valence-corrected chi connectivity index (χ2v) is 8.84. The summed E-state index contributed by atoms with van der Waals surface area (Å²) in [5.74, 6) is 2.12. The zero-order valence-corrected chi connectivity index (χ0v) is 17.5. The zero-order chi connectivity index (χ0) is 19.6. The lowest BCUT2D eigenvalue weighted by Crippen LogP contribution is -2.39. The minimum atomic E-state index is 0.0810. The second-order valence-electron chi connectivity index (χ2n) is 8.84. The van der Waals surface area contributed by atoms with Gasteiger partial charge in [0, 0.05) is 44.6 Å². The lowest BCUT2D eigenvalue weighted by molar-refractivity contribution is -0.127. The Hall–Kier alpha value is -0.940. The van der Waals surface area contributed by atoms with Crippen LogP contribution in [0, 0.1) is 23.7 Å². The third-order valence-corrected chi connectivity index (χ3v) is 6.26. The molecule has 156 valence electrons.